The first kappa shape index (κ1) is 19.6. The summed E-state index contributed by atoms with van der Waals surface area (Å²) in [5.74, 6) is 5.96. The van der Waals surface area contributed by atoms with E-state index in [1.54, 1.807) is 0 Å². The fourth-order valence-electron chi connectivity index (χ4n) is 2.02. The fraction of sp³-hybridized carbons (Fsp3) is 0.474. The Morgan fingerprint density at radius 1 is 1.33 bits per heavy atom. The molecule has 24 heavy (non-hydrogen) atoms. The van der Waals surface area contributed by atoms with Crippen LogP contribution in [0.25, 0.3) is 0 Å². The van der Waals surface area contributed by atoms with E-state index in [9.17, 15) is 9.59 Å². The van der Waals surface area contributed by atoms with Crippen molar-refractivity contribution in [3.05, 3.63) is 29.3 Å². The van der Waals surface area contributed by atoms with Gasteiger partial charge in [0.25, 0.3) is 0 Å². The quantitative estimate of drug-likeness (QED) is 0.538. The van der Waals surface area contributed by atoms with Crippen LogP contribution < -0.4 is 10.5 Å². The number of carboxylic acid groups (broad SMARTS) is 1. The van der Waals surface area contributed by atoms with Crippen molar-refractivity contribution >= 4 is 11.9 Å². The van der Waals surface area contributed by atoms with Gasteiger partial charge < -0.3 is 15.6 Å². The first-order valence-electron chi connectivity index (χ1n) is 8.11. The average molecular weight is 331 g/mol. The van der Waals surface area contributed by atoms with Gasteiger partial charge in [-0.25, -0.2) is 0 Å². The van der Waals surface area contributed by atoms with E-state index in [0.29, 0.717) is 32.3 Å². The van der Waals surface area contributed by atoms with E-state index in [0.717, 1.165) is 16.9 Å². The van der Waals surface area contributed by atoms with Crippen molar-refractivity contribution in [2.24, 2.45) is 11.7 Å². The van der Waals surface area contributed by atoms with Crippen LogP contribution in [0, 0.1) is 24.7 Å². The highest BCUT2D eigenvalue weighted by atomic mass is 16.5. The second-order valence-electron chi connectivity index (χ2n) is 5.95. The molecule has 0 fully saturated rings. The number of carbonyl (C=O) groups is 2. The van der Waals surface area contributed by atoms with Crippen molar-refractivity contribution in [3.63, 3.8) is 0 Å². The summed E-state index contributed by atoms with van der Waals surface area (Å²) >= 11 is 0. The minimum atomic E-state index is -0.797. The van der Waals surface area contributed by atoms with Crippen LogP contribution in [0.2, 0.25) is 0 Å². The first-order chi connectivity index (χ1) is 11.4. The van der Waals surface area contributed by atoms with Crippen molar-refractivity contribution < 1.29 is 19.4 Å². The van der Waals surface area contributed by atoms with Gasteiger partial charge in [-0.05, 0) is 43.4 Å². The van der Waals surface area contributed by atoms with Gasteiger partial charge in [-0.1, -0.05) is 24.8 Å². The molecule has 0 aromatic heterocycles. The first-order valence-corrected chi connectivity index (χ1v) is 8.11. The lowest BCUT2D eigenvalue weighted by Crippen LogP contribution is -2.15. The zero-order chi connectivity index (χ0) is 17.9. The monoisotopic (exact) mass is 331 g/mol. The average Bonchev–Trinajstić information content (AvgIpc) is 2.52. The van der Waals surface area contributed by atoms with Crippen molar-refractivity contribution in [3.8, 4) is 17.6 Å². The molecule has 0 radical (unpaired) electrons. The smallest absolute Gasteiger partial charge is 0.303 e. The number of hydrogen-bond donors (Lipinski definition) is 2. The van der Waals surface area contributed by atoms with Gasteiger partial charge in [0, 0.05) is 24.8 Å². The third-order valence-electron chi connectivity index (χ3n) is 3.54. The minimum Gasteiger partial charge on any atom is -0.493 e. The molecule has 1 atom stereocenters. The van der Waals surface area contributed by atoms with Crippen LogP contribution in [0.1, 0.15) is 50.2 Å². The number of aliphatic carboxylic acids is 1. The molecule has 0 unspecified atom stereocenters. The SMILES string of the molecule is Cc1ccc(OC[C@@H](C)CCC(N)=O)cc1C#CCCCC(=O)O. The molecule has 0 aliphatic carbocycles. The van der Waals surface area contributed by atoms with E-state index in [2.05, 4.69) is 11.8 Å². The maximum absolute atomic E-state index is 10.8. The van der Waals surface area contributed by atoms with Crippen LogP contribution in [0.4, 0.5) is 0 Å². The van der Waals surface area contributed by atoms with E-state index in [1.165, 1.54) is 0 Å². The molecule has 0 saturated heterocycles. The minimum absolute atomic E-state index is 0.139. The van der Waals surface area contributed by atoms with Gasteiger partial charge in [-0.15, -0.1) is 0 Å². The fourth-order valence-corrected chi connectivity index (χ4v) is 2.02. The number of hydrogen-bond acceptors (Lipinski definition) is 3. The number of nitrogens with two attached hydrogens (primary N) is 1. The van der Waals surface area contributed by atoms with Gasteiger partial charge >= 0.3 is 5.97 Å². The maximum Gasteiger partial charge on any atom is 0.303 e. The number of rotatable bonds is 9. The molecule has 3 N–H and O–H groups in total. The lowest BCUT2D eigenvalue weighted by atomic mass is 10.1. The number of amides is 1. The third kappa shape index (κ3) is 8.23. The summed E-state index contributed by atoms with van der Waals surface area (Å²) in [6.45, 7) is 4.50. The summed E-state index contributed by atoms with van der Waals surface area (Å²) in [4.78, 5) is 21.2. The number of aryl methyl sites for hydroxylation is 1. The van der Waals surface area contributed by atoms with Crippen LogP contribution >= 0.6 is 0 Å². The Morgan fingerprint density at radius 3 is 2.75 bits per heavy atom. The Balaban J connectivity index is 2.54. The topological polar surface area (TPSA) is 89.6 Å². The second-order valence-corrected chi connectivity index (χ2v) is 5.95. The molecule has 1 aromatic carbocycles. The molecular formula is C19H25NO4. The predicted molar refractivity (Wildman–Crippen MR) is 92.6 cm³/mol. The van der Waals surface area contributed by atoms with Crippen LogP contribution in [0.15, 0.2) is 18.2 Å². The van der Waals surface area contributed by atoms with Crippen molar-refractivity contribution in [1.82, 2.24) is 0 Å². The van der Waals surface area contributed by atoms with E-state index in [1.807, 2.05) is 32.0 Å². The van der Waals surface area contributed by atoms with Crippen molar-refractivity contribution in [1.29, 1.82) is 0 Å². The molecule has 0 bridgehead atoms. The van der Waals surface area contributed by atoms with Crippen LogP contribution in [0.3, 0.4) is 0 Å². The Hall–Kier alpha value is -2.48. The number of unbranched alkanes of at least 4 members (excludes halogenated alkanes) is 1. The standard InChI is InChI=1S/C19H25NO4/c1-14(8-11-18(20)21)13-24-17-10-9-15(2)16(12-17)6-4-3-5-7-19(22)23/h9-10,12,14H,3,5,7-8,11,13H2,1-2H3,(H2,20,21)(H,22,23)/t14-/m0/s1. The Kier molecular flexibility index (Phi) is 8.42. The zero-order valence-electron chi connectivity index (χ0n) is 14.3. The molecular weight excluding hydrogens is 306 g/mol. The molecule has 0 saturated carbocycles. The van der Waals surface area contributed by atoms with Gasteiger partial charge in [-0.3, -0.25) is 9.59 Å². The van der Waals surface area contributed by atoms with Crippen LogP contribution in [0.5, 0.6) is 5.75 Å². The highest BCUT2D eigenvalue weighted by Crippen LogP contribution is 2.18. The summed E-state index contributed by atoms with van der Waals surface area (Å²) in [5, 5.41) is 8.59. The second kappa shape index (κ2) is 10.3. The van der Waals surface area contributed by atoms with Gasteiger partial charge in [0.15, 0.2) is 0 Å². The molecule has 5 nitrogen and oxygen atoms in total. The van der Waals surface area contributed by atoms with Gasteiger partial charge in [0.2, 0.25) is 5.91 Å². The molecule has 1 rings (SSSR count). The van der Waals surface area contributed by atoms with E-state index in [4.69, 9.17) is 15.6 Å². The van der Waals surface area contributed by atoms with Crippen molar-refractivity contribution in [2.75, 3.05) is 6.61 Å². The maximum atomic E-state index is 10.8. The lowest BCUT2D eigenvalue weighted by molar-refractivity contribution is -0.137. The van der Waals surface area contributed by atoms with Gasteiger partial charge in [-0.2, -0.15) is 0 Å². The largest absolute Gasteiger partial charge is 0.493 e. The van der Waals surface area contributed by atoms with E-state index >= 15 is 0 Å². The number of carbonyl (C=O) groups excluding carboxylic acids is 1. The Bertz CT molecular complexity index is 628. The van der Waals surface area contributed by atoms with E-state index in [-0.39, 0.29) is 18.2 Å². The molecule has 0 aliphatic heterocycles. The predicted octanol–water partition coefficient (Wildman–Crippen LogP) is 2.88. The third-order valence-corrected chi connectivity index (χ3v) is 3.54. The highest BCUT2D eigenvalue weighted by Gasteiger charge is 2.06. The number of carboxylic acids is 1. The summed E-state index contributed by atoms with van der Waals surface area (Å²) < 4.78 is 5.76. The molecule has 0 heterocycles. The summed E-state index contributed by atoms with van der Waals surface area (Å²) in [7, 11) is 0. The molecule has 0 spiro atoms. The molecule has 1 aromatic rings. The Labute approximate surface area is 143 Å². The molecule has 130 valence electrons. The Morgan fingerprint density at radius 2 is 2.08 bits per heavy atom. The van der Waals surface area contributed by atoms with E-state index < -0.39 is 5.97 Å². The molecule has 1 amide bonds. The summed E-state index contributed by atoms with van der Waals surface area (Å²) in [6, 6.07) is 5.73. The lowest BCUT2D eigenvalue weighted by Gasteiger charge is -2.13. The molecule has 0 aliphatic rings. The van der Waals surface area contributed by atoms with Gasteiger partial charge in [0.1, 0.15) is 5.75 Å². The summed E-state index contributed by atoms with van der Waals surface area (Å²) in [5.41, 5.74) is 7.07. The highest BCUT2D eigenvalue weighted by molar-refractivity contribution is 5.73. The van der Waals surface area contributed by atoms with Crippen LogP contribution in [-0.4, -0.2) is 23.6 Å². The number of primary amides is 1. The van der Waals surface area contributed by atoms with Crippen molar-refractivity contribution in [2.45, 2.75) is 46.0 Å². The summed E-state index contributed by atoms with van der Waals surface area (Å²) in [6.07, 6.45) is 2.32. The number of ether oxygens (including phenoxy) is 1. The van der Waals surface area contributed by atoms with Crippen LogP contribution in [-0.2, 0) is 9.59 Å². The van der Waals surface area contributed by atoms with Gasteiger partial charge in [0.05, 0.1) is 6.61 Å². The molecule has 5 heteroatoms. The zero-order valence-corrected chi connectivity index (χ0v) is 14.3. The number of benzene rings is 1. The normalized spacial score (nSPS) is 11.2.